The summed E-state index contributed by atoms with van der Waals surface area (Å²) in [7, 11) is 0. The Bertz CT molecular complexity index is 271. The number of halogens is 1. The van der Waals surface area contributed by atoms with Crippen LogP contribution in [-0.2, 0) is 6.61 Å². The topological polar surface area (TPSA) is 40.5 Å². The second-order valence-electron chi connectivity index (χ2n) is 2.39. The van der Waals surface area contributed by atoms with Crippen LogP contribution < -0.4 is 0 Å². The maximum absolute atomic E-state index is 12.9. The number of aryl methyl sites for hydroxylation is 1. The van der Waals surface area contributed by atoms with Gasteiger partial charge in [0.05, 0.1) is 6.61 Å². The molecule has 0 aromatic heterocycles. The number of rotatable bonds is 1. The van der Waals surface area contributed by atoms with E-state index in [0.29, 0.717) is 5.56 Å². The molecule has 0 radical (unpaired) electrons. The van der Waals surface area contributed by atoms with E-state index in [1.165, 1.54) is 19.1 Å². The highest BCUT2D eigenvalue weighted by atomic mass is 19.1. The molecule has 0 aliphatic carbocycles. The van der Waals surface area contributed by atoms with E-state index in [2.05, 4.69) is 0 Å². The van der Waals surface area contributed by atoms with Gasteiger partial charge in [-0.3, -0.25) is 0 Å². The Kier molecular flexibility index (Phi) is 2.10. The SMILES string of the molecule is Cc1cc(O)cc(CO)c1F. The minimum Gasteiger partial charge on any atom is -0.508 e. The van der Waals surface area contributed by atoms with E-state index in [9.17, 15) is 4.39 Å². The molecule has 1 aromatic carbocycles. The zero-order chi connectivity index (χ0) is 8.43. The van der Waals surface area contributed by atoms with Crippen LogP contribution in [0.3, 0.4) is 0 Å². The molecule has 1 aromatic rings. The summed E-state index contributed by atoms with van der Waals surface area (Å²) in [5.41, 5.74) is 0.469. The van der Waals surface area contributed by atoms with Crippen LogP contribution in [0.5, 0.6) is 5.75 Å². The second kappa shape index (κ2) is 2.88. The van der Waals surface area contributed by atoms with Gasteiger partial charge < -0.3 is 10.2 Å². The number of hydrogen-bond donors (Lipinski definition) is 2. The van der Waals surface area contributed by atoms with Gasteiger partial charge in [-0.05, 0) is 24.6 Å². The van der Waals surface area contributed by atoms with E-state index in [1.54, 1.807) is 0 Å². The largest absolute Gasteiger partial charge is 0.508 e. The van der Waals surface area contributed by atoms with Crippen molar-refractivity contribution in [1.82, 2.24) is 0 Å². The lowest BCUT2D eigenvalue weighted by Gasteiger charge is -2.02. The molecule has 0 bridgehead atoms. The molecule has 0 saturated carbocycles. The fourth-order valence-electron chi connectivity index (χ4n) is 0.937. The third kappa shape index (κ3) is 1.49. The van der Waals surface area contributed by atoms with Crippen molar-refractivity contribution in [2.45, 2.75) is 13.5 Å². The molecule has 3 heteroatoms. The normalized spacial score (nSPS) is 10.1. The molecule has 0 unspecified atom stereocenters. The van der Waals surface area contributed by atoms with Crippen molar-refractivity contribution in [1.29, 1.82) is 0 Å². The van der Waals surface area contributed by atoms with Gasteiger partial charge >= 0.3 is 0 Å². The molecule has 0 spiro atoms. The van der Waals surface area contributed by atoms with Crippen LogP contribution in [0, 0.1) is 12.7 Å². The van der Waals surface area contributed by atoms with Crippen molar-refractivity contribution in [2.75, 3.05) is 0 Å². The number of aliphatic hydroxyl groups excluding tert-OH is 1. The van der Waals surface area contributed by atoms with E-state index < -0.39 is 5.82 Å². The summed E-state index contributed by atoms with van der Waals surface area (Å²) in [6.07, 6.45) is 0. The second-order valence-corrected chi connectivity index (χ2v) is 2.39. The van der Waals surface area contributed by atoms with Crippen LogP contribution in [0.25, 0.3) is 0 Å². The van der Waals surface area contributed by atoms with Crippen LogP contribution in [0.1, 0.15) is 11.1 Å². The average Bonchev–Trinajstić information content (AvgIpc) is 1.96. The number of hydrogen-bond acceptors (Lipinski definition) is 2. The van der Waals surface area contributed by atoms with E-state index in [1.807, 2.05) is 0 Å². The Hall–Kier alpha value is -1.09. The van der Waals surface area contributed by atoms with Crippen LogP contribution in [0.15, 0.2) is 12.1 Å². The maximum Gasteiger partial charge on any atom is 0.131 e. The Morgan fingerprint density at radius 1 is 1.45 bits per heavy atom. The number of phenols is 1. The van der Waals surface area contributed by atoms with Crippen molar-refractivity contribution in [3.8, 4) is 5.75 Å². The Balaban J connectivity index is 3.24. The predicted molar refractivity (Wildman–Crippen MR) is 38.7 cm³/mol. The zero-order valence-corrected chi connectivity index (χ0v) is 6.13. The van der Waals surface area contributed by atoms with Crippen molar-refractivity contribution in [3.05, 3.63) is 29.1 Å². The summed E-state index contributed by atoms with van der Waals surface area (Å²) >= 11 is 0. The first-order chi connectivity index (χ1) is 5.15. The molecule has 0 aliphatic rings. The number of phenolic OH excluding ortho intramolecular Hbond substituents is 1. The molecule has 0 aliphatic heterocycles. The highest BCUT2D eigenvalue weighted by Gasteiger charge is 2.05. The quantitative estimate of drug-likeness (QED) is 0.644. The highest BCUT2D eigenvalue weighted by Crippen LogP contribution is 2.19. The van der Waals surface area contributed by atoms with E-state index in [-0.39, 0.29) is 17.9 Å². The molecule has 0 amide bonds. The van der Waals surface area contributed by atoms with Gasteiger partial charge in [-0.1, -0.05) is 0 Å². The van der Waals surface area contributed by atoms with Crippen molar-refractivity contribution < 1.29 is 14.6 Å². The first-order valence-corrected chi connectivity index (χ1v) is 3.24. The Morgan fingerprint density at radius 2 is 2.09 bits per heavy atom. The molecule has 2 nitrogen and oxygen atoms in total. The third-order valence-electron chi connectivity index (χ3n) is 1.48. The van der Waals surface area contributed by atoms with Gasteiger partial charge in [0, 0.05) is 5.56 Å². The molecule has 0 saturated heterocycles. The molecule has 2 N–H and O–H groups in total. The standard InChI is InChI=1S/C8H9FO2/c1-5-2-7(11)3-6(4-10)8(5)9/h2-3,10-11H,4H2,1H3. The zero-order valence-electron chi connectivity index (χ0n) is 6.13. The fraction of sp³-hybridized carbons (Fsp3) is 0.250. The van der Waals surface area contributed by atoms with Gasteiger partial charge in [-0.15, -0.1) is 0 Å². The van der Waals surface area contributed by atoms with Gasteiger partial charge in [0.15, 0.2) is 0 Å². The maximum atomic E-state index is 12.9. The molecule has 60 valence electrons. The minimum absolute atomic E-state index is 0.0204. The third-order valence-corrected chi connectivity index (χ3v) is 1.48. The first kappa shape index (κ1) is 8.01. The summed E-state index contributed by atoms with van der Waals surface area (Å²) < 4.78 is 12.9. The van der Waals surface area contributed by atoms with Gasteiger partial charge in [0.2, 0.25) is 0 Å². The van der Waals surface area contributed by atoms with Crippen LogP contribution >= 0.6 is 0 Å². The van der Waals surface area contributed by atoms with Crippen LogP contribution in [0.4, 0.5) is 4.39 Å². The molecule has 0 heterocycles. The molecular formula is C8H9FO2. The minimum atomic E-state index is -0.453. The number of aromatic hydroxyl groups is 1. The van der Waals surface area contributed by atoms with E-state index >= 15 is 0 Å². The monoisotopic (exact) mass is 156 g/mol. The lowest BCUT2D eigenvalue weighted by molar-refractivity contribution is 0.274. The van der Waals surface area contributed by atoms with E-state index in [4.69, 9.17) is 10.2 Å². The highest BCUT2D eigenvalue weighted by molar-refractivity contribution is 5.33. The van der Waals surface area contributed by atoms with E-state index in [0.717, 1.165) is 0 Å². The first-order valence-electron chi connectivity index (χ1n) is 3.24. The Morgan fingerprint density at radius 3 is 2.64 bits per heavy atom. The lowest BCUT2D eigenvalue weighted by Crippen LogP contribution is -1.92. The molecule has 0 atom stereocenters. The smallest absolute Gasteiger partial charge is 0.131 e. The number of benzene rings is 1. The fourth-order valence-corrected chi connectivity index (χ4v) is 0.937. The molecule has 11 heavy (non-hydrogen) atoms. The van der Waals surface area contributed by atoms with Gasteiger partial charge in [-0.2, -0.15) is 0 Å². The summed E-state index contributed by atoms with van der Waals surface area (Å²) in [4.78, 5) is 0. The predicted octanol–water partition coefficient (Wildman–Crippen LogP) is 1.33. The van der Waals surface area contributed by atoms with Gasteiger partial charge in [0.25, 0.3) is 0 Å². The number of aliphatic hydroxyl groups is 1. The molecule has 1 rings (SSSR count). The Labute approximate surface area is 63.9 Å². The van der Waals surface area contributed by atoms with Crippen molar-refractivity contribution in [2.24, 2.45) is 0 Å². The van der Waals surface area contributed by atoms with Crippen LogP contribution in [-0.4, -0.2) is 10.2 Å². The molecule has 0 fully saturated rings. The molecular weight excluding hydrogens is 147 g/mol. The summed E-state index contributed by atoms with van der Waals surface area (Å²) in [5.74, 6) is -0.474. The average molecular weight is 156 g/mol. The summed E-state index contributed by atoms with van der Waals surface area (Å²) in [5, 5.41) is 17.6. The van der Waals surface area contributed by atoms with Gasteiger partial charge in [0.1, 0.15) is 11.6 Å². The summed E-state index contributed by atoms with van der Waals surface area (Å²) in [6.45, 7) is 1.15. The van der Waals surface area contributed by atoms with Gasteiger partial charge in [-0.25, -0.2) is 4.39 Å². The van der Waals surface area contributed by atoms with Crippen molar-refractivity contribution in [3.63, 3.8) is 0 Å². The lowest BCUT2D eigenvalue weighted by atomic mass is 10.1. The van der Waals surface area contributed by atoms with Crippen LogP contribution in [0.2, 0.25) is 0 Å². The summed E-state index contributed by atoms with van der Waals surface area (Å²) in [6, 6.07) is 2.52. The van der Waals surface area contributed by atoms with Crippen molar-refractivity contribution >= 4 is 0 Å².